The van der Waals surface area contributed by atoms with Gasteiger partial charge in [-0.05, 0) is 55.9 Å². The van der Waals surface area contributed by atoms with Crippen LogP contribution in [0.3, 0.4) is 0 Å². The summed E-state index contributed by atoms with van der Waals surface area (Å²) in [6, 6.07) is 7.95. The van der Waals surface area contributed by atoms with Crippen LogP contribution in [0.5, 0.6) is 0 Å². The Hall–Kier alpha value is -1.75. The first-order valence-corrected chi connectivity index (χ1v) is 9.19. The quantitative estimate of drug-likeness (QED) is 0.830. The van der Waals surface area contributed by atoms with Gasteiger partial charge in [-0.2, -0.15) is 0 Å². The zero-order chi connectivity index (χ0) is 16.8. The average molecular weight is 331 g/mol. The molecule has 2 fully saturated rings. The van der Waals surface area contributed by atoms with Crippen LogP contribution in [0.25, 0.3) is 0 Å². The summed E-state index contributed by atoms with van der Waals surface area (Å²) in [5.74, 6) is 0.717. The van der Waals surface area contributed by atoms with Crippen molar-refractivity contribution < 1.29 is 9.53 Å². The smallest absolute Gasteiger partial charge is 0.321 e. The molecule has 1 heterocycles. The Morgan fingerprint density at radius 3 is 2.33 bits per heavy atom. The minimum absolute atomic E-state index is 0.0192. The van der Waals surface area contributed by atoms with Crippen molar-refractivity contribution in [3.63, 3.8) is 0 Å². The number of amides is 2. The molecule has 0 radical (unpaired) electrons. The number of carbonyl (C=O) groups excluding carboxylic acids is 1. The molecular formula is C19H29N3O2. The third kappa shape index (κ3) is 4.87. The van der Waals surface area contributed by atoms with Gasteiger partial charge in [-0.15, -0.1) is 0 Å². The topological polar surface area (TPSA) is 53.6 Å². The fraction of sp³-hybridized carbons (Fsp3) is 0.632. The van der Waals surface area contributed by atoms with Crippen LogP contribution in [0.2, 0.25) is 0 Å². The molecule has 1 aliphatic carbocycles. The molecular weight excluding hydrogens is 302 g/mol. The zero-order valence-corrected chi connectivity index (χ0v) is 14.6. The highest BCUT2D eigenvalue weighted by atomic mass is 16.5. The lowest BCUT2D eigenvalue weighted by Gasteiger charge is -2.21. The number of likely N-dealkylation sites (tertiary alicyclic amines) is 1. The fourth-order valence-corrected chi connectivity index (χ4v) is 3.28. The van der Waals surface area contributed by atoms with E-state index >= 15 is 0 Å². The van der Waals surface area contributed by atoms with Crippen molar-refractivity contribution in [2.75, 3.05) is 37.4 Å². The van der Waals surface area contributed by atoms with E-state index in [1.807, 2.05) is 29.2 Å². The number of methoxy groups -OCH3 is 1. The van der Waals surface area contributed by atoms with E-state index < -0.39 is 0 Å². The molecule has 1 aliphatic heterocycles. The zero-order valence-electron chi connectivity index (χ0n) is 14.6. The van der Waals surface area contributed by atoms with E-state index in [-0.39, 0.29) is 6.03 Å². The lowest BCUT2D eigenvalue weighted by Crippen LogP contribution is -2.35. The van der Waals surface area contributed by atoms with Crippen molar-refractivity contribution in [2.24, 2.45) is 5.92 Å². The minimum Gasteiger partial charge on any atom is -0.382 e. The predicted octanol–water partition coefficient (Wildman–Crippen LogP) is 3.93. The monoisotopic (exact) mass is 331 g/mol. The molecule has 1 atom stereocenters. The van der Waals surface area contributed by atoms with Gasteiger partial charge in [0, 0.05) is 38.1 Å². The van der Waals surface area contributed by atoms with E-state index in [2.05, 4.69) is 10.6 Å². The van der Waals surface area contributed by atoms with Gasteiger partial charge in [-0.1, -0.05) is 12.8 Å². The van der Waals surface area contributed by atoms with Gasteiger partial charge in [0.05, 0.1) is 6.10 Å². The molecule has 5 nitrogen and oxygen atoms in total. The van der Waals surface area contributed by atoms with Crippen molar-refractivity contribution in [2.45, 2.75) is 44.6 Å². The molecule has 0 bridgehead atoms. The van der Waals surface area contributed by atoms with E-state index in [0.717, 1.165) is 49.8 Å². The lowest BCUT2D eigenvalue weighted by atomic mass is 10.2. The maximum absolute atomic E-state index is 12.3. The first-order chi connectivity index (χ1) is 11.8. The van der Waals surface area contributed by atoms with Crippen LogP contribution in [0.15, 0.2) is 24.3 Å². The molecule has 132 valence electrons. The van der Waals surface area contributed by atoms with E-state index in [4.69, 9.17) is 4.74 Å². The van der Waals surface area contributed by atoms with Gasteiger partial charge in [-0.3, -0.25) is 0 Å². The van der Waals surface area contributed by atoms with Crippen LogP contribution >= 0.6 is 0 Å². The molecule has 3 rings (SSSR count). The second-order valence-electron chi connectivity index (χ2n) is 6.90. The molecule has 24 heavy (non-hydrogen) atoms. The first kappa shape index (κ1) is 17.1. The molecule has 1 saturated carbocycles. The van der Waals surface area contributed by atoms with Crippen LogP contribution in [0, 0.1) is 5.92 Å². The van der Waals surface area contributed by atoms with Crippen LogP contribution in [-0.2, 0) is 4.74 Å². The summed E-state index contributed by atoms with van der Waals surface area (Å²) in [6.45, 7) is 2.57. The van der Waals surface area contributed by atoms with Gasteiger partial charge in [0.15, 0.2) is 0 Å². The molecule has 2 N–H and O–H groups in total. The summed E-state index contributed by atoms with van der Waals surface area (Å²) in [7, 11) is 1.78. The maximum Gasteiger partial charge on any atom is 0.321 e. The van der Waals surface area contributed by atoms with Gasteiger partial charge in [0.25, 0.3) is 0 Å². The Morgan fingerprint density at radius 2 is 1.75 bits per heavy atom. The van der Waals surface area contributed by atoms with E-state index in [0.29, 0.717) is 6.10 Å². The highest BCUT2D eigenvalue weighted by Gasteiger charge is 2.30. The van der Waals surface area contributed by atoms with E-state index in [9.17, 15) is 4.79 Å². The number of nitrogens with one attached hydrogen (secondary N) is 2. The number of carbonyl (C=O) groups is 1. The maximum atomic E-state index is 12.3. The summed E-state index contributed by atoms with van der Waals surface area (Å²) < 4.78 is 5.52. The molecule has 0 spiro atoms. The van der Waals surface area contributed by atoms with Crippen LogP contribution in [0.4, 0.5) is 16.2 Å². The summed E-state index contributed by atoms with van der Waals surface area (Å²) >= 11 is 0. The molecule has 5 heteroatoms. The Balaban J connectivity index is 1.47. The van der Waals surface area contributed by atoms with Crippen LogP contribution < -0.4 is 10.6 Å². The third-order valence-electron chi connectivity index (χ3n) is 4.99. The Labute approximate surface area is 144 Å². The predicted molar refractivity (Wildman–Crippen MR) is 97.5 cm³/mol. The second kappa shape index (κ2) is 8.38. The summed E-state index contributed by atoms with van der Waals surface area (Å²) in [4.78, 5) is 14.3. The van der Waals surface area contributed by atoms with E-state index in [1.54, 1.807) is 7.11 Å². The number of urea groups is 1. The highest BCUT2D eigenvalue weighted by Crippen LogP contribution is 2.34. The third-order valence-corrected chi connectivity index (χ3v) is 4.99. The normalized spacial score (nSPS) is 19.5. The van der Waals surface area contributed by atoms with Crippen molar-refractivity contribution in [3.8, 4) is 0 Å². The van der Waals surface area contributed by atoms with Gasteiger partial charge < -0.3 is 20.3 Å². The molecule has 1 aromatic rings. The van der Waals surface area contributed by atoms with Gasteiger partial charge >= 0.3 is 6.03 Å². The van der Waals surface area contributed by atoms with Gasteiger partial charge in [0.1, 0.15) is 0 Å². The van der Waals surface area contributed by atoms with Crippen molar-refractivity contribution in [3.05, 3.63) is 24.3 Å². The highest BCUT2D eigenvalue weighted by molar-refractivity contribution is 5.89. The Morgan fingerprint density at radius 1 is 1.12 bits per heavy atom. The number of anilines is 2. The van der Waals surface area contributed by atoms with E-state index in [1.165, 1.54) is 25.7 Å². The first-order valence-electron chi connectivity index (χ1n) is 9.19. The number of benzene rings is 1. The van der Waals surface area contributed by atoms with Crippen molar-refractivity contribution in [1.29, 1.82) is 0 Å². The summed E-state index contributed by atoms with van der Waals surface area (Å²) in [5.41, 5.74) is 1.91. The Kier molecular flexibility index (Phi) is 5.96. The number of hydrogen-bond acceptors (Lipinski definition) is 3. The molecule has 1 aromatic carbocycles. The second-order valence-corrected chi connectivity index (χ2v) is 6.90. The minimum atomic E-state index is 0.0192. The SMILES string of the molecule is COC(CNc1ccc(NC(=O)N2CCCCCC2)cc1)C1CC1. The average Bonchev–Trinajstić information content (AvgIpc) is 3.44. The molecule has 1 unspecified atom stereocenters. The fourth-order valence-electron chi connectivity index (χ4n) is 3.28. The number of rotatable bonds is 6. The molecule has 2 amide bonds. The molecule has 2 aliphatic rings. The van der Waals surface area contributed by atoms with Crippen LogP contribution in [0.1, 0.15) is 38.5 Å². The largest absolute Gasteiger partial charge is 0.382 e. The number of nitrogens with zero attached hydrogens (tertiary/aromatic N) is 1. The lowest BCUT2D eigenvalue weighted by molar-refractivity contribution is 0.0950. The van der Waals surface area contributed by atoms with Crippen LogP contribution in [-0.4, -0.2) is 43.8 Å². The Bertz CT molecular complexity index is 520. The molecule has 1 saturated heterocycles. The number of hydrogen-bond donors (Lipinski definition) is 2. The van der Waals surface area contributed by atoms with Crippen molar-refractivity contribution >= 4 is 17.4 Å². The number of ether oxygens (including phenoxy) is 1. The van der Waals surface area contributed by atoms with Gasteiger partial charge in [-0.25, -0.2) is 4.79 Å². The molecule has 0 aromatic heterocycles. The summed E-state index contributed by atoms with van der Waals surface area (Å²) in [5, 5.41) is 6.43. The summed E-state index contributed by atoms with van der Waals surface area (Å²) in [6.07, 6.45) is 7.53. The van der Waals surface area contributed by atoms with Crippen molar-refractivity contribution in [1.82, 2.24) is 4.90 Å². The standard InChI is InChI=1S/C19H29N3O2/c1-24-18(15-6-7-15)14-20-16-8-10-17(11-9-16)21-19(23)22-12-4-2-3-5-13-22/h8-11,15,18,20H,2-7,12-14H2,1H3,(H,21,23). The van der Waals surface area contributed by atoms with Gasteiger partial charge in [0.2, 0.25) is 0 Å².